The Bertz CT molecular complexity index is 2150. The van der Waals surface area contributed by atoms with Crippen molar-refractivity contribution in [2.45, 2.75) is 3.25 Å². The summed E-state index contributed by atoms with van der Waals surface area (Å²) in [5, 5.41) is 10.3. The largest absolute Gasteiger partial charge is 0.266 e. The first kappa shape index (κ1) is 36.7. The maximum Gasteiger partial charge on any atom is 0.266 e. The Kier molecular flexibility index (Phi) is 13.3. The van der Waals surface area contributed by atoms with Gasteiger partial charge in [-0.05, 0) is 87.3 Å². The summed E-state index contributed by atoms with van der Waals surface area (Å²) in [6.45, 7) is 0. The summed E-state index contributed by atoms with van der Waals surface area (Å²) in [5.41, 5.74) is 5.18. The minimum Gasteiger partial charge on any atom is -0.0664 e. The average molecular weight is 901 g/mol. The molecule has 0 bridgehead atoms. The van der Waals surface area contributed by atoms with Crippen molar-refractivity contribution in [1.82, 2.24) is 0 Å². The van der Waals surface area contributed by atoms with Crippen LogP contribution in [0, 0.1) is 0 Å². The van der Waals surface area contributed by atoms with Gasteiger partial charge in [0, 0.05) is 32.7 Å². The summed E-state index contributed by atoms with van der Waals surface area (Å²) in [6.07, 6.45) is 0. The first-order chi connectivity index (χ1) is 23.3. The van der Waals surface area contributed by atoms with Gasteiger partial charge in [-0.25, -0.2) is 0 Å². The molecule has 0 spiro atoms. The van der Waals surface area contributed by atoms with Crippen LogP contribution < -0.4 is 0 Å². The van der Waals surface area contributed by atoms with Gasteiger partial charge in [-0.1, -0.05) is 204 Å². The molecular formula is C41H27Br3Cl4. The molecule has 7 heteroatoms. The number of alkyl halides is 4. The molecule has 0 heterocycles. The van der Waals surface area contributed by atoms with Crippen molar-refractivity contribution in [3.8, 4) is 22.3 Å². The van der Waals surface area contributed by atoms with E-state index in [0.717, 1.165) is 0 Å². The van der Waals surface area contributed by atoms with Crippen molar-refractivity contribution >= 4 is 134 Å². The predicted molar refractivity (Wildman–Crippen MR) is 225 cm³/mol. The highest BCUT2D eigenvalue weighted by molar-refractivity contribution is 9.93. The number of rotatable bonds is 2. The summed E-state index contributed by atoms with van der Waals surface area (Å²) in [6, 6.07) is 58.0. The van der Waals surface area contributed by atoms with Crippen molar-refractivity contribution in [1.29, 1.82) is 0 Å². The van der Waals surface area contributed by atoms with Crippen molar-refractivity contribution in [2.75, 3.05) is 0 Å². The van der Waals surface area contributed by atoms with E-state index in [1.807, 2.05) is 0 Å². The van der Waals surface area contributed by atoms with E-state index in [-0.39, 0.29) is 0 Å². The standard InChI is InChI=1S/C20H13Br.C20H14.CCl4.Br2/c21-20-17-12-6-4-10-15(17)19(14-8-2-1-3-9-14)16-11-5-7-13-18(16)20;1-2-8-15(9-3-1)20-18-12-6-4-10-16(18)14-17-11-5-7-13-19(17)20;2-1(3,4)5;1-2/h1-13H;1-14H;;. The lowest BCUT2D eigenvalue weighted by atomic mass is 9.92. The van der Waals surface area contributed by atoms with Gasteiger partial charge in [0.15, 0.2) is 0 Å². The number of fused-ring (bicyclic) bond motifs is 4. The molecule has 8 rings (SSSR count). The minimum atomic E-state index is -1.61. The van der Waals surface area contributed by atoms with Crippen molar-refractivity contribution < 1.29 is 0 Å². The Morgan fingerprint density at radius 3 is 1.00 bits per heavy atom. The van der Waals surface area contributed by atoms with Gasteiger partial charge in [0.25, 0.3) is 3.25 Å². The Morgan fingerprint density at radius 1 is 0.354 bits per heavy atom. The maximum absolute atomic E-state index is 4.83. The van der Waals surface area contributed by atoms with E-state index in [2.05, 4.69) is 208 Å². The molecule has 0 N–H and O–H groups in total. The first-order valence-electron chi connectivity index (χ1n) is 14.8. The average Bonchev–Trinajstić information content (AvgIpc) is 3.12. The Morgan fingerprint density at radius 2 is 0.625 bits per heavy atom. The highest BCUT2D eigenvalue weighted by atomic mass is 80.9. The van der Waals surface area contributed by atoms with Crippen LogP contribution in [0.4, 0.5) is 0 Å². The Labute approximate surface area is 324 Å². The molecule has 0 atom stereocenters. The van der Waals surface area contributed by atoms with Crippen LogP contribution in [0.5, 0.6) is 0 Å². The third-order valence-electron chi connectivity index (χ3n) is 7.76. The molecule has 0 aromatic heterocycles. The van der Waals surface area contributed by atoms with Crippen LogP contribution >= 0.6 is 90.6 Å². The lowest BCUT2D eigenvalue weighted by Crippen LogP contribution is -1.86. The summed E-state index contributed by atoms with van der Waals surface area (Å²) in [4.78, 5) is 0. The van der Waals surface area contributed by atoms with E-state index in [0.29, 0.717) is 0 Å². The molecule has 0 saturated heterocycles. The highest BCUT2D eigenvalue weighted by Crippen LogP contribution is 2.41. The fraction of sp³-hybridized carbons (Fsp3) is 0.0244. The lowest BCUT2D eigenvalue weighted by Gasteiger charge is -2.14. The van der Waals surface area contributed by atoms with E-state index >= 15 is 0 Å². The van der Waals surface area contributed by atoms with Crippen LogP contribution in [-0.4, -0.2) is 3.25 Å². The smallest absolute Gasteiger partial charge is 0.0664 e. The molecule has 0 aliphatic heterocycles. The van der Waals surface area contributed by atoms with Crippen molar-refractivity contribution in [3.05, 3.63) is 168 Å². The third-order valence-corrected chi connectivity index (χ3v) is 8.62. The quantitative estimate of drug-likeness (QED) is 0.120. The molecule has 0 radical (unpaired) electrons. The van der Waals surface area contributed by atoms with Gasteiger partial charge < -0.3 is 0 Å². The predicted octanol–water partition coefficient (Wildman–Crippen LogP) is 16.3. The van der Waals surface area contributed by atoms with Gasteiger partial charge in [-0.3, -0.25) is 0 Å². The van der Waals surface area contributed by atoms with Gasteiger partial charge in [0.2, 0.25) is 0 Å². The van der Waals surface area contributed by atoms with Gasteiger partial charge in [-0.2, -0.15) is 0 Å². The summed E-state index contributed by atoms with van der Waals surface area (Å²) in [7, 11) is 0. The molecule has 0 aliphatic carbocycles. The maximum atomic E-state index is 4.83. The van der Waals surface area contributed by atoms with Crippen LogP contribution in [0.15, 0.2) is 168 Å². The minimum absolute atomic E-state index is 1.17. The number of hydrogen-bond acceptors (Lipinski definition) is 0. The second kappa shape index (κ2) is 17.4. The molecule has 0 fully saturated rings. The van der Waals surface area contributed by atoms with Crippen LogP contribution in [0.1, 0.15) is 0 Å². The van der Waals surface area contributed by atoms with E-state index in [9.17, 15) is 0 Å². The number of halogens is 7. The molecular weight excluding hydrogens is 874 g/mol. The fourth-order valence-electron chi connectivity index (χ4n) is 5.92. The third kappa shape index (κ3) is 8.94. The molecule has 0 unspecified atom stereocenters. The first-order valence-corrected chi connectivity index (χ1v) is 20.8. The second-order valence-corrected chi connectivity index (χ2v) is 14.9. The topological polar surface area (TPSA) is 0 Å². The summed E-state index contributed by atoms with van der Waals surface area (Å²) < 4.78 is -0.437. The second-order valence-electron chi connectivity index (χ2n) is 10.6. The molecule has 0 amide bonds. The van der Waals surface area contributed by atoms with Gasteiger partial charge in [0.05, 0.1) is 0 Å². The van der Waals surface area contributed by atoms with Crippen LogP contribution in [0.3, 0.4) is 0 Å². The zero-order valence-corrected chi connectivity index (χ0v) is 33.0. The summed E-state index contributed by atoms with van der Waals surface area (Å²) in [5.74, 6) is 0. The van der Waals surface area contributed by atoms with E-state index in [1.165, 1.54) is 69.8 Å². The number of benzene rings is 8. The monoisotopic (exact) mass is 896 g/mol. The molecule has 0 saturated carbocycles. The van der Waals surface area contributed by atoms with E-state index < -0.39 is 3.25 Å². The normalized spacial score (nSPS) is 10.8. The molecule has 0 nitrogen and oxygen atoms in total. The van der Waals surface area contributed by atoms with Gasteiger partial charge >= 0.3 is 0 Å². The molecule has 8 aromatic carbocycles. The molecule has 48 heavy (non-hydrogen) atoms. The van der Waals surface area contributed by atoms with Crippen molar-refractivity contribution in [3.63, 3.8) is 0 Å². The summed E-state index contributed by atoms with van der Waals surface area (Å²) >= 11 is 28.6. The van der Waals surface area contributed by atoms with E-state index in [4.69, 9.17) is 46.4 Å². The highest BCUT2D eigenvalue weighted by Gasteiger charge is 2.13. The van der Waals surface area contributed by atoms with Crippen LogP contribution in [-0.2, 0) is 0 Å². The molecule has 240 valence electrons. The van der Waals surface area contributed by atoms with Crippen molar-refractivity contribution in [2.24, 2.45) is 0 Å². The zero-order chi connectivity index (χ0) is 34.1. The van der Waals surface area contributed by atoms with Crippen LogP contribution in [0.25, 0.3) is 65.3 Å². The Hall–Kier alpha value is -2.60. The van der Waals surface area contributed by atoms with Gasteiger partial charge in [0.1, 0.15) is 0 Å². The lowest BCUT2D eigenvalue weighted by molar-refractivity contribution is 1.66. The van der Waals surface area contributed by atoms with E-state index in [1.54, 1.807) is 0 Å². The Balaban J connectivity index is 0.000000158. The van der Waals surface area contributed by atoms with Gasteiger partial charge in [-0.15, -0.1) is 0 Å². The molecule has 8 aromatic rings. The van der Waals surface area contributed by atoms with Crippen LogP contribution in [0.2, 0.25) is 0 Å². The zero-order valence-electron chi connectivity index (χ0n) is 25.2. The fourth-order valence-corrected chi connectivity index (χ4v) is 6.61. The molecule has 0 aliphatic rings. The SMILES string of the molecule is BrBr.Brc1c2ccccc2c(-c2ccccc2)c2ccccc12.ClC(Cl)(Cl)Cl.c1ccc(-c2c3ccccc3cc3ccccc23)cc1. The number of hydrogen-bond donors (Lipinski definition) is 0.